The highest BCUT2D eigenvalue weighted by Gasteiger charge is 2.20. The molecular formula is C38H25NO. The van der Waals surface area contributed by atoms with Crippen molar-refractivity contribution in [1.82, 2.24) is 0 Å². The van der Waals surface area contributed by atoms with Crippen molar-refractivity contribution < 1.29 is 4.42 Å². The van der Waals surface area contributed by atoms with E-state index < -0.39 is 0 Å². The van der Waals surface area contributed by atoms with Crippen molar-refractivity contribution in [2.24, 2.45) is 0 Å². The highest BCUT2D eigenvalue weighted by molar-refractivity contribution is 6.10. The molecule has 0 spiro atoms. The molecule has 1 heterocycles. The molecular weight excluding hydrogens is 486 g/mol. The molecule has 188 valence electrons. The van der Waals surface area contributed by atoms with Crippen LogP contribution in [0.5, 0.6) is 0 Å². The van der Waals surface area contributed by atoms with Crippen LogP contribution in [0.2, 0.25) is 0 Å². The molecule has 0 bridgehead atoms. The van der Waals surface area contributed by atoms with Crippen LogP contribution in [0.15, 0.2) is 156 Å². The Labute approximate surface area is 232 Å². The first-order valence-electron chi connectivity index (χ1n) is 13.6. The molecule has 0 aliphatic carbocycles. The van der Waals surface area contributed by atoms with Gasteiger partial charge in [0, 0.05) is 27.7 Å². The minimum absolute atomic E-state index is 0.898. The Bertz CT molecular complexity index is 2170. The van der Waals surface area contributed by atoms with Crippen LogP contribution in [0.1, 0.15) is 0 Å². The van der Waals surface area contributed by atoms with Gasteiger partial charge in [-0.05, 0) is 75.6 Å². The zero-order valence-electron chi connectivity index (χ0n) is 21.8. The molecule has 2 heteroatoms. The second-order valence-corrected chi connectivity index (χ2v) is 10.2. The van der Waals surface area contributed by atoms with Crippen LogP contribution in [0.4, 0.5) is 17.1 Å². The summed E-state index contributed by atoms with van der Waals surface area (Å²) in [6.07, 6.45) is 0. The Morgan fingerprint density at radius 3 is 1.95 bits per heavy atom. The minimum atomic E-state index is 0.898. The fraction of sp³-hybridized carbons (Fsp3) is 0. The zero-order valence-corrected chi connectivity index (χ0v) is 21.8. The molecule has 0 unspecified atom stereocenters. The van der Waals surface area contributed by atoms with E-state index in [0.717, 1.165) is 44.6 Å². The average molecular weight is 512 g/mol. The first kappa shape index (κ1) is 22.6. The normalized spacial score (nSPS) is 11.5. The van der Waals surface area contributed by atoms with E-state index in [-0.39, 0.29) is 0 Å². The van der Waals surface area contributed by atoms with E-state index in [1.165, 1.54) is 27.1 Å². The van der Waals surface area contributed by atoms with Crippen LogP contribution in [0.25, 0.3) is 54.6 Å². The molecule has 8 rings (SSSR count). The summed E-state index contributed by atoms with van der Waals surface area (Å²) in [5, 5.41) is 7.13. The molecule has 0 aliphatic rings. The third-order valence-electron chi connectivity index (χ3n) is 7.82. The number of furan rings is 1. The van der Waals surface area contributed by atoms with Crippen LogP contribution >= 0.6 is 0 Å². The van der Waals surface area contributed by atoms with Gasteiger partial charge in [-0.15, -0.1) is 0 Å². The number of benzene rings is 7. The van der Waals surface area contributed by atoms with Gasteiger partial charge in [-0.3, -0.25) is 0 Å². The molecule has 0 radical (unpaired) electrons. The lowest BCUT2D eigenvalue weighted by Crippen LogP contribution is -2.11. The molecule has 2 nitrogen and oxygen atoms in total. The Morgan fingerprint density at radius 2 is 1.07 bits per heavy atom. The number of anilines is 3. The molecule has 0 saturated heterocycles. The lowest BCUT2D eigenvalue weighted by atomic mass is 9.94. The van der Waals surface area contributed by atoms with Gasteiger partial charge in [-0.25, -0.2) is 0 Å². The van der Waals surface area contributed by atoms with Gasteiger partial charge in [0.05, 0.1) is 5.69 Å². The van der Waals surface area contributed by atoms with Gasteiger partial charge in [0.15, 0.2) is 0 Å². The summed E-state index contributed by atoms with van der Waals surface area (Å²) < 4.78 is 6.33. The van der Waals surface area contributed by atoms with Crippen LogP contribution in [0.3, 0.4) is 0 Å². The van der Waals surface area contributed by atoms with E-state index in [9.17, 15) is 0 Å². The van der Waals surface area contributed by atoms with Gasteiger partial charge < -0.3 is 9.32 Å². The molecule has 0 amide bonds. The second-order valence-electron chi connectivity index (χ2n) is 10.2. The lowest BCUT2D eigenvalue weighted by molar-refractivity contribution is 0.669. The summed E-state index contributed by atoms with van der Waals surface area (Å²) in [7, 11) is 0. The van der Waals surface area contributed by atoms with E-state index >= 15 is 0 Å². The topological polar surface area (TPSA) is 16.4 Å². The third kappa shape index (κ3) is 3.65. The summed E-state index contributed by atoms with van der Waals surface area (Å²) in [6, 6.07) is 53.9. The van der Waals surface area contributed by atoms with Crippen LogP contribution in [-0.4, -0.2) is 0 Å². The quantitative estimate of drug-likeness (QED) is 0.234. The predicted molar refractivity (Wildman–Crippen MR) is 169 cm³/mol. The smallest absolute Gasteiger partial charge is 0.136 e. The summed E-state index contributed by atoms with van der Waals surface area (Å²) in [5.74, 6) is 0. The number of nitrogens with zero attached hydrogens (tertiary/aromatic N) is 1. The SMILES string of the molecule is c1ccc(N(c2ccc3ccccc3c2)c2ccc3ccccc3c2-c2ccc3c(c2)oc2ccccc23)cc1. The van der Waals surface area contributed by atoms with Crippen molar-refractivity contribution in [2.75, 3.05) is 4.90 Å². The van der Waals surface area contributed by atoms with Crippen molar-refractivity contribution in [3.63, 3.8) is 0 Å². The minimum Gasteiger partial charge on any atom is -0.456 e. The van der Waals surface area contributed by atoms with Crippen molar-refractivity contribution in [1.29, 1.82) is 0 Å². The third-order valence-corrected chi connectivity index (χ3v) is 7.82. The van der Waals surface area contributed by atoms with E-state index in [1.807, 2.05) is 12.1 Å². The molecule has 0 N–H and O–H groups in total. The fourth-order valence-electron chi connectivity index (χ4n) is 5.95. The molecule has 7 aromatic carbocycles. The van der Waals surface area contributed by atoms with Gasteiger partial charge in [-0.1, -0.05) is 103 Å². The Kier molecular flexibility index (Phi) is 5.17. The number of rotatable bonds is 4. The number of hydrogen-bond acceptors (Lipinski definition) is 2. The zero-order chi connectivity index (χ0) is 26.5. The van der Waals surface area contributed by atoms with Crippen LogP contribution in [0, 0.1) is 0 Å². The van der Waals surface area contributed by atoms with Crippen molar-refractivity contribution in [2.45, 2.75) is 0 Å². The van der Waals surface area contributed by atoms with E-state index in [0.29, 0.717) is 0 Å². The van der Waals surface area contributed by atoms with E-state index in [1.54, 1.807) is 0 Å². The van der Waals surface area contributed by atoms with E-state index in [2.05, 4.69) is 144 Å². The van der Waals surface area contributed by atoms with Gasteiger partial charge >= 0.3 is 0 Å². The number of para-hydroxylation sites is 2. The molecule has 0 saturated carbocycles. The summed E-state index contributed by atoms with van der Waals surface area (Å²) >= 11 is 0. The van der Waals surface area contributed by atoms with Crippen molar-refractivity contribution in [3.8, 4) is 11.1 Å². The number of fused-ring (bicyclic) bond motifs is 5. The Balaban J connectivity index is 1.43. The second kappa shape index (κ2) is 9.14. The predicted octanol–water partition coefficient (Wildman–Crippen LogP) is 11.0. The molecule has 40 heavy (non-hydrogen) atoms. The monoisotopic (exact) mass is 511 g/mol. The van der Waals surface area contributed by atoms with Crippen molar-refractivity contribution in [3.05, 3.63) is 152 Å². The maximum Gasteiger partial charge on any atom is 0.136 e. The lowest BCUT2D eigenvalue weighted by Gasteiger charge is -2.29. The maximum atomic E-state index is 6.33. The molecule has 1 aromatic heterocycles. The van der Waals surface area contributed by atoms with Gasteiger partial charge in [0.2, 0.25) is 0 Å². The fourth-order valence-corrected chi connectivity index (χ4v) is 5.95. The summed E-state index contributed by atoms with van der Waals surface area (Å²) in [4.78, 5) is 2.37. The maximum absolute atomic E-state index is 6.33. The first-order chi connectivity index (χ1) is 19.8. The van der Waals surface area contributed by atoms with Gasteiger partial charge in [-0.2, -0.15) is 0 Å². The Hall–Kier alpha value is -5.34. The standard InChI is InChI=1S/C38H25NO/c1-2-13-30(14-3-1)39(31-21-18-26-10-4-5-12-28(26)24-31)35-23-20-27-11-6-7-15-32(27)38(35)29-19-22-34-33-16-8-9-17-36(33)40-37(34)25-29/h1-25H. The first-order valence-corrected chi connectivity index (χ1v) is 13.6. The molecule has 0 aliphatic heterocycles. The van der Waals surface area contributed by atoms with Crippen LogP contribution < -0.4 is 4.90 Å². The highest BCUT2D eigenvalue weighted by atomic mass is 16.3. The molecule has 0 fully saturated rings. The van der Waals surface area contributed by atoms with Crippen LogP contribution in [-0.2, 0) is 0 Å². The average Bonchev–Trinajstić information content (AvgIpc) is 3.39. The van der Waals surface area contributed by atoms with Gasteiger partial charge in [0.1, 0.15) is 11.2 Å². The molecule has 0 atom stereocenters. The number of hydrogen-bond donors (Lipinski definition) is 0. The molecule has 8 aromatic rings. The summed E-state index contributed by atoms with van der Waals surface area (Å²) in [5.41, 5.74) is 7.46. The van der Waals surface area contributed by atoms with E-state index in [4.69, 9.17) is 4.42 Å². The highest BCUT2D eigenvalue weighted by Crippen LogP contribution is 2.45. The largest absolute Gasteiger partial charge is 0.456 e. The van der Waals surface area contributed by atoms with Gasteiger partial charge in [0.25, 0.3) is 0 Å². The Morgan fingerprint density at radius 1 is 0.400 bits per heavy atom. The summed E-state index contributed by atoms with van der Waals surface area (Å²) in [6.45, 7) is 0. The van der Waals surface area contributed by atoms with Crippen molar-refractivity contribution >= 4 is 60.5 Å².